The molecule has 14 aliphatic carbocycles. The Labute approximate surface area is 885 Å². The topological polar surface area (TPSA) is 206 Å². The van der Waals surface area contributed by atoms with Crippen LogP contribution in [0.1, 0.15) is 248 Å². The summed E-state index contributed by atoms with van der Waals surface area (Å²) in [6.45, 7) is 30.5. The molecule has 28 rings (SSSR count). The molecule has 6 heterocycles. The van der Waals surface area contributed by atoms with Crippen molar-refractivity contribution in [2.75, 3.05) is 39.4 Å². The number of rotatable bonds is 18. The Hall–Kier alpha value is -9.70. The fraction of sp³-hybridized carbons (Fsp3) is 0.462. The van der Waals surface area contributed by atoms with Crippen molar-refractivity contribution in [1.82, 2.24) is 60.4 Å². The average molecular weight is 2120 g/mol. The summed E-state index contributed by atoms with van der Waals surface area (Å²) in [4.78, 5) is 54.5. The van der Waals surface area contributed by atoms with Crippen molar-refractivity contribution in [3.05, 3.63) is 276 Å². The van der Waals surface area contributed by atoms with E-state index in [4.69, 9.17) is 99.5 Å². The first-order valence-electron chi connectivity index (χ1n) is 52.4. The van der Waals surface area contributed by atoms with Gasteiger partial charge in [-0.25, -0.2) is 9.36 Å². The number of fused-ring (bicyclic) bond motifs is 20. The Kier molecular flexibility index (Phi) is 28.1. The van der Waals surface area contributed by atoms with Gasteiger partial charge in [0, 0.05) is 108 Å². The van der Waals surface area contributed by atoms with Crippen molar-refractivity contribution in [2.24, 2.45) is 92.7 Å². The highest BCUT2D eigenvalue weighted by molar-refractivity contribution is 9.10. The normalized spacial score (nSPS) is 23.6. The van der Waals surface area contributed by atoms with Crippen molar-refractivity contribution < 1.29 is 28.7 Å². The van der Waals surface area contributed by atoms with Crippen LogP contribution in [0.3, 0.4) is 0 Å². The number of hydrogen-bond donors (Lipinski definition) is 4. The quantitative estimate of drug-likeness (QED) is 0.0639. The SMILES string of the molecule is CC1(C)C2CCC(CNC(=O)c3nn(-c4ccc(Cl)cc4Cl)c4c3CCOc3cc(Cl)ccc3-4)C1C2.Cc1ccc(Cn2nc(C(=O)NCC3CCC4CC3C4(C)C)c3c2-c2ccc(Br)cc2CCC3)cc1.Cc1ccc(Cn2nc(C(=O)NCC3CCC4CC3C4(C)C)c3c2-c2ccc(Cl)cc2CCC3)cc1.Cc1ccc2c(c1)OCCc1c(C(=O)NCC3CCC4CC3C4(C)C)nn(-c3ccc(Cl)cc3Cl)c1-2. The van der Waals surface area contributed by atoms with E-state index in [0.29, 0.717) is 174 Å². The minimum Gasteiger partial charge on any atom is -0.493 e. The fourth-order valence-corrected chi connectivity index (χ4v) is 29.3. The molecule has 0 spiro atoms. The van der Waals surface area contributed by atoms with Crippen LogP contribution in [0.4, 0.5) is 0 Å². The second-order valence-corrected chi connectivity index (χ2v) is 49.3. The number of nitrogens with one attached hydrogen (secondary N) is 4. The molecule has 12 atom stereocenters. The third kappa shape index (κ3) is 19.2. The number of carbonyl (C=O) groups excluding carboxylic acids is 4. The molecule has 0 saturated heterocycles. The van der Waals surface area contributed by atoms with Gasteiger partial charge >= 0.3 is 0 Å². The fourth-order valence-electron chi connectivity index (χ4n) is 27.6. The first kappa shape index (κ1) is 100. The molecule has 2 aliphatic heterocycles. The molecule has 12 unspecified atom stereocenters. The number of aromatic nitrogens is 8. The van der Waals surface area contributed by atoms with Gasteiger partial charge in [-0.2, -0.15) is 20.4 Å². The first-order valence-corrected chi connectivity index (χ1v) is 55.5. The Morgan fingerprint density at radius 2 is 0.681 bits per heavy atom. The van der Waals surface area contributed by atoms with E-state index < -0.39 is 0 Å². The third-order valence-electron chi connectivity index (χ3n) is 36.4. The maximum atomic E-state index is 13.6. The lowest BCUT2D eigenvalue weighted by molar-refractivity contribution is -0.103. The number of nitrogens with zero attached hydrogens (tertiary/aromatic N) is 8. The summed E-state index contributed by atoms with van der Waals surface area (Å²) >= 11 is 41.8. The smallest absolute Gasteiger partial charge is 0.272 e. The van der Waals surface area contributed by atoms with Crippen molar-refractivity contribution in [3.63, 3.8) is 0 Å². The molecule has 752 valence electrons. The van der Waals surface area contributed by atoms with Crippen LogP contribution in [0.2, 0.25) is 30.1 Å². The molecule has 4 amide bonds. The number of halogens is 7. The lowest BCUT2D eigenvalue weighted by Crippen LogP contribution is -2.54. The van der Waals surface area contributed by atoms with Gasteiger partial charge in [-0.1, -0.05) is 219 Å². The van der Waals surface area contributed by atoms with Crippen LogP contribution in [-0.2, 0) is 51.6 Å². The molecule has 16 aliphatic rings. The number of carbonyl (C=O) groups is 4. The zero-order valence-corrected chi connectivity index (χ0v) is 90.5. The zero-order chi connectivity index (χ0) is 100. The van der Waals surface area contributed by atoms with Gasteiger partial charge in [0.15, 0.2) is 22.8 Å². The lowest BCUT2D eigenvalue weighted by Gasteiger charge is -2.60. The van der Waals surface area contributed by atoms with Crippen molar-refractivity contribution in [1.29, 1.82) is 0 Å². The predicted molar refractivity (Wildman–Crippen MR) is 581 cm³/mol. The van der Waals surface area contributed by atoms with Gasteiger partial charge in [0.25, 0.3) is 23.6 Å². The minimum atomic E-state index is -0.160. The van der Waals surface area contributed by atoms with Crippen LogP contribution >= 0.6 is 85.5 Å². The summed E-state index contributed by atoms with van der Waals surface area (Å²) in [5.74, 6) is 9.54. The largest absolute Gasteiger partial charge is 0.493 e. The Morgan fingerprint density at radius 3 is 1.06 bits per heavy atom. The van der Waals surface area contributed by atoms with E-state index in [0.717, 1.165) is 170 Å². The summed E-state index contributed by atoms with van der Waals surface area (Å²) in [6.07, 6.45) is 22.0. The van der Waals surface area contributed by atoms with Gasteiger partial charge in [0.1, 0.15) is 11.5 Å². The van der Waals surface area contributed by atoms with Crippen molar-refractivity contribution in [2.45, 2.75) is 218 Å². The van der Waals surface area contributed by atoms with Crippen LogP contribution in [0.15, 0.2) is 162 Å². The number of aryl methyl sites for hydroxylation is 5. The van der Waals surface area contributed by atoms with Crippen LogP contribution < -0.4 is 30.7 Å². The van der Waals surface area contributed by atoms with E-state index in [2.05, 4.69) is 196 Å². The molecule has 12 aromatic rings. The molecule has 25 heteroatoms. The van der Waals surface area contributed by atoms with Gasteiger partial charge in [0.2, 0.25) is 0 Å². The van der Waals surface area contributed by atoms with Gasteiger partial charge in [-0.15, -0.1) is 0 Å². The second-order valence-electron chi connectivity index (χ2n) is 45.8. The van der Waals surface area contributed by atoms with Gasteiger partial charge in [0.05, 0.1) is 70.5 Å². The molecule has 8 aromatic carbocycles. The van der Waals surface area contributed by atoms with Crippen molar-refractivity contribution >= 4 is 109 Å². The first-order chi connectivity index (χ1) is 69.1. The molecule has 8 bridgehead atoms. The second kappa shape index (κ2) is 40.4. The van der Waals surface area contributed by atoms with Crippen LogP contribution in [-0.4, -0.2) is 102 Å². The van der Waals surface area contributed by atoms with Gasteiger partial charge < -0.3 is 30.7 Å². The summed E-state index contributed by atoms with van der Waals surface area (Å²) < 4.78 is 20.9. The number of amides is 4. The van der Waals surface area contributed by atoms with E-state index in [1.54, 1.807) is 39.7 Å². The summed E-state index contributed by atoms with van der Waals surface area (Å²) in [5.41, 5.74) is 25.3. The number of benzene rings is 8. The number of ether oxygens (including phenoxy) is 2. The Bertz CT molecular complexity index is 6570. The van der Waals surface area contributed by atoms with E-state index >= 15 is 0 Å². The molecule has 4 aromatic heterocycles. The maximum Gasteiger partial charge on any atom is 0.272 e. The predicted octanol–water partition coefficient (Wildman–Crippen LogP) is 27.9. The van der Waals surface area contributed by atoms with E-state index in [1.165, 1.54) is 116 Å². The van der Waals surface area contributed by atoms with Crippen LogP contribution in [0.25, 0.3) is 56.4 Å². The van der Waals surface area contributed by atoms with Crippen LogP contribution in [0.5, 0.6) is 11.5 Å². The molecule has 0 radical (unpaired) electrons. The van der Waals surface area contributed by atoms with E-state index in [9.17, 15) is 19.2 Å². The highest BCUT2D eigenvalue weighted by Gasteiger charge is 2.58. The third-order valence-corrected chi connectivity index (χ3v) is 38.5. The molecule has 144 heavy (non-hydrogen) atoms. The highest BCUT2D eigenvalue weighted by Crippen LogP contribution is 2.65. The van der Waals surface area contributed by atoms with E-state index in [-0.39, 0.29) is 23.6 Å². The number of hydrogen-bond acceptors (Lipinski definition) is 10. The summed E-state index contributed by atoms with van der Waals surface area (Å²) in [7, 11) is 0. The Balaban J connectivity index is 0.000000113. The van der Waals surface area contributed by atoms with Gasteiger partial charge in [-0.05, 0) is 348 Å². The monoisotopic (exact) mass is 2110 g/mol. The zero-order valence-electron chi connectivity index (χ0n) is 84.4. The average Bonchev–Trinajstić information content (AvgIpc) is 1.64. The molecule has 18 nitrogen and oxygen atoms in total. The minimum absolute atomic E-state index is 0.00581. The lowest BCUT2D eigenvalue weighted by atomic mass is 9.45. The molecule has 4 N–H and O–H groups in total. The molecular weight excluding hydrogens is 1990 g/mol. The molecular formula is C119H131BrCl6N12O6. The highest BCUT2D eigenvalue weighted by atomic mass is 79.9. The standard InChI is InChI=1S/C31H36BrN3O.C31H36ClN3O.C29H31Cl2N3O2.C28H28Cl3N3O2/c2*1-19-7-9-20(10-8-19)18-35-29-25-14-13-24(32)15-21(25)5-4-6-26(29)28(34-35)30(36)33-17-22-11-12-23-16-27(22)31(23,2)3;1-16-4-8-20-25(12-16)36-11-10-21-26(33-34(27(20)21)24-9-7-19(30)14-23(24)31)28(35)32-15-17-5-6-18-13-22(17)29(18,2)3;1-28(2)16-4-3-15(21(28)11-16)14-32-27(35)25-20-9-10-36-24-13-18(30)5-7-19(24)26(20)34(33-25)23-8-6-17(29)12-22(23)31/h2*7-10,13-15,22-23,27H,4-6,11-12,16-18H2,1-3H3,(H,33,36);4,7-9,12,14,17-18,22H,5-6,10-11,13,15H2,1-3H3,(H,32,35);5-8,12-13,15-16,21H,3-4,9-11,14H2,1-2H3,(H,32,35). The molecule has 12 saturated carbocycles. The van der Waals surface area contributed by atoms with E-state index in [1.807, 2.05) is 54.1 Å². The summed E-state index contributed by atoms with van der Waals surface area (Å²) in [5, 5.41) is 36.1. The molecule has 12 fully saturated rings. The van der Waals surface area contributed by atoms with Crippen molar-refractivity contribution in [3.8, 4) is 67.9 Å². The van der Waals surface area contributed by atoms with Crippen LogP contribution in [0, 0.1) is 113 Å². The maximum absolute atomic E-state index is 13.6. The Morgan fingerprint density at radius 1 is 0.354 bits per heavy atom. The van der Waals surface area contributed by atoms with Gasteiger partial charge in [-0.3, -0.25) is 28.5 Å². The summed E-state index contributed by atoms with van der Waals surface area (Å²) in [6, 6.07) is 52.1.